The maximum absolute atomic E-state index is 11.2. The maximum atomic E-state index is 11.2. The molecule has 2 aliphatic carbocycles. The van der Waals surface area contributed by atoms with Gasteiger partial charge in [0.05, 0.1) is 17.6 Å². The van der Waals surface area contributed by atoms with Gasteiger partial charge in [-0.2, -0.15) is 0 Å². The van der Waals surface area contributed by atoms with Crippen molar-refractivity contribution in [2.75, 3.05) is 13.1 Å². The van der Waals surface area contributed by atoms with Crippen molar-refractivity contribution < 1.29 is 14.6 Å². The molecule has 0 bridgehead atoms. The number of hydrogen-bond acceptors (Lipinski definition) is 3. The van der Waals surface area contributed by atoms with Crippen LogP contribution < -0.4 is 5.32 Å². The Morgan fingerprint density at radius 3 is 2.62 bits per heavy atom. The van der Waals surface area contributed by atoms with E-state index in [0.717, 1.165) is 32.4 Å². The first-order chi connectivity index (χ1) is 10.2. The van der Waals surface area contributed by atoms with Gasteiger partial charge >= 0.3 is 5.97 Å². The summed E-state index contributed by atoms with van der Waals surface area (Å²) in [6, 6.07) is 0. The zero-order valence-corrected chi connectivity index (χ0v) is 13.0. The molecule has 1 saturated heterocycles. The van der Waals surface area contributed by atoms with E-state index in [2.05, 4.69) is 5.32 Å². The van der Waals surface area contributed by atoms with Gasteiger partial charge in [-0.05, 0) is 51.0 Å². The third-order valence-corrected chi connectivity index (χ3v) is 5.86. The lowest BCUT2D eigenvalue weighted by Gasteiger charge is -2.33. The van der Waals surface area contributed by atoms with Gasteiger partial charge in [0.1, 0.15) is 0 Å². The molecule has 4 heteroatoms. The lowest BCUT2D eigenvalue weighted by Crippen LogP contribution is -2.36. The lowest BCUT2D eigenvalue weighted by atomic mass is 9.83. The first-order valence-electron chi connectivity index (χ1n) is 8.80. The van der Waals surface area contributed by atoms with E-state index in [0.29, 0.717) is 12.0 Å². The van der Waals surface area contributed by atoms with Crippen LogP contribution in [0.15, 0.2) is 0 Å². The van der Waals surface area contributed by atoms with E-state index in [1.54, 1.807) is 0 Å². The minimum absolute atomic E-state index is 0.133. The molecular formula is C17H29NO3. The highest BCUT2D eigenvalue weighted by Gasteiger charge is 2.40. The number of carbonyl (C=O) groups is 1. The highest BCUT2D eigenvalue weighted by atomic mass is 16.5. The molecule has 0 aromatic carbocycles. The fourth-order valence-corrected chi connectivity index (χ4v) is 4.64. The summed E-state index contributed by atoms with van der Waals surface area (Å²) >= 11 is 0. The van der Waals surface area contributed by atoms with Gasteiger partial charge in [-0.25, -0.2) is 0 Å². The summed E-state index contributed by atoms with van der Waals surface area (Å²) in [6.07, 6.45) is 12.2. The van der Waals surface area contributed by atoms with Gasteiger partial charge in [0.2, 0.25) is 0 Å². The molecule has 1 heterocycles. The van der Waals surface area contributed by atoms with Gasteiger partial charge in [0.15, 0.2) is 0 Å². The summed E-state index contributed by atoms with van der Waals surface area (Å²) < 4.78 is 6.35. The number of hydrogen-bond donors (Lipinski definition) is 2. The molecule has 1 spiro atoms. The number of aliphatic carboxylic acids is 1. The van der Waals surface area contributed by atoms with E-state index >= 15 is 0 Å². The predicted octanol–water partition coefficient (Wildman–Crippen LogP) is 2.96. The lowest BCUT2D eigenvalue weighted by molar-refractivity contribution is -0.142. The van der Waals surface area contributed by atoms with Crippen molar-refractivity contribution in [2.24, 2.45) is 11.8 Å². The van der Waals surface area contributed by atoms with Gasteiger partial charge in [-0.15, -0.1) is 0 Å². The van der Waals surface area contributed by atoms with Gasteiger partial charge < -0.3 is 15.2 Å². The summed E-state index contributed by atoms with van der Waals surface area (Å²) in [7, 11) is 0. The van der Waals surface area contributed by atoms with Crippen LogP contribution in [0.1, 0.15) is 64.2 Å². The first-order valence-corrected chi connectivity index (χ1v) is 8.80. The highest BCUT2D eigenvalue weighted by Crippen LogP contribution is 2.41. The van der Waals surface area contributed by atoms with E-state index in [9.17, 15) is 9.90 Å². The number of rotatable bonds is 5. The molecule has 0 aromatic heterocycles. The van der Waals surface area contributed by atoms with E-state index in [1.165, 1.54) is 44.9 Å². The molecule has 2 N–H and O–H groups in total. The normalized spacial score (nSPS) is 35.3. The Hall–Kier alpha value is -0.610. The Kier molecular flexibility index (Phi) is 4.85. The third-order valence-electron chi connectivity index (χ3n) is 5.86. The highest BCUT2D eigenvalue weighted by molar-refractivity contribution is 5.70. The molecule has 120 valence electrons. The molecule has 2 saturated carbocycles. The van der Waals surface area contributed by atoms with Crippen molar-refractivity contribution >= 4 is 5.97 Å². The first kappa shape index (κ1) is 15.3. The molecule has 0 aromatic rings. The maximum Gasteiger partial charge on any atom is 0.306 e. The van der Waals surface area contributed by atoms with Crippen LogP contribution in [0, 0.1) is 11.8 Å². The fourth-order valence-electron chi connectivity index (χ4n) is 4.64. The second kappa shape index (κ2) is 6.66. The minimum Gasteiger partial charge on any atom is -0.481 e. The number of nitrogens with one attached hydrogen (secondary N) is 1. The molecule has 0 radical (unpaired) electrons. The van der Waals surface area contributed by atoms with Gasteiger partial charge in [0.25, 0.3) is 0 Å². The Morgan fingerprint density at radius 1 is 1.05 bits per heavy atom. The molecule has 0 amide bonds. The Bertz CT molecular complexity index is 365. The van der Waals surface area contributed by atoms with E-state index in [4.69, 9.17) is 4.74 Å². The smallest absolute Gasteiger partial charge is 0.306 e. The van der Waals surface area contributed by atoms with E-state index < -0.39 is 5.97 Å². The molecular weight excluding hydrogens is 266 g/mol. The Morgan fingerprint density at radius 2 is 1.86 bits per heavy atom. The summed E-state index contributed by atoms with van der Waals surface area (Å²) in [6.45, 7) is 1.73. The zero-order valence-electron chi connectivity index (χ0n) is 13.0. The van der Waals surface area contributed by atoms with Crippen LogP contribution in [0.5, 0.6) is 0 Å². The number of carboxylic acid groups (broad SMARTS) is 1. The van der Waals surface area contributed by atoms with Crippen molar-refractivity contribution in [3.05, 3.63) is 0 Å². The molecule has 1 aliphatic heterocycles. The zero-order chi connectivity index (χ0) is 14.7. The SMILES string of the molecule is O=C(O)C1CCCC1CNCC1CCC2(CCCCC2)O1. The fraction of sp³-hybridized carbons (Fsp3) is 0.941. The van der Waals surface area contributed by atoms with Crippen LogP contribution >= 0.6 is 0 Å². The third kappa shape index (κ3) is 3.59. The van der Waals surface area contributed by atoms with Gasteiger partial charge in [-0.1, -0.05) is 25.7 Å². The molecule has 3 aliphatic rings. The van der Waals surface area contributed by atoms with Crippen molar-refractivity contribution in [1.82, 2.24) is 5.32 Å². The molecule has 3 unspecified atom stereocenters. The second-order valence-corrected chi connectivity index (χ2v) is 7.32. The largest absolute Gasteiger partial charge is 0.481 e. The van der Waals surface area contributed by atoms with Crippen molar-refractivity contribution in [3.8, 4) is 0 Å². The Balaban J connectivity index is 1.39. The molecule has 3 rings (SSSR count). The van der Waals surface area contributed by atoms with Crippen LogP contribution in [0.4, 0.5) is 0 Å². The standard InChI is InChI=1S/C17H29NO3/c19-16(20)15-6-4-5-13(15)11-18-12-14-7-10-17(21-14)8-2-1-3-9-17/h13-15,18H,1-12H2,(H,19,20). The number of ether oxygens (including phenoxy) is 1. The number of carboxylic acids is 1. The second-order valence-electron chi connectivity index (χ2n) is 7.32. The molecule has 3 atom stereocenters. The van der Waals surface area contributed by atoms with Crippen molar-refractivity contribution in [2.45, 2.75) is 75.9 Å². The summed E-state index contributed by atoms with van der Waals surface area (Å²) in [4.78, 5) is 11.2. The topological polar surface area (TPSA) is 58.6 Å². The minimum atomic E-state index is -0.613. The summed E-state index contributed by atoms with van der Waals surface area (Å²) in [5.74, 6) is -0.434. The average Bonchev–Trinajstić information content (AvgIpc) is 3.08. The van der Waals surface area contributed by atoms with E-state index in [-0.39, 0.29) is 11.5 Å². The van der Waals surface area contributed by atoms with Crippen LogP contribution in [-0.2, 0) is 9.53 Å². The molecule has 21 heavy (non-hydrogen) atoms. The Labute approximate surface area is 127 Å². The van der Waals surface area contributed by atoms with Crippen LogP contribution in [0.2, 0.25) is 0 Å². The average molecular weight is 295 g/mol. The predicted molar refractivity (Wildman–Crippen MR) is 81.3 cm³/mol. The summed E-state index contributed by atoms with van der Waals surface area (Å²) in [5, 5.41) is 12.7. The van der Waals surface area contributed by atoms with E-state index in [1.807, 2.05) is 0 Å². The monoisotopic (exact) mass is 295 g/mol. The molecule has 4 nitrogen and oxygen atoms in total. The summed E-state index contributed by atoms with van der Waals surface area (Å²) in [5.41, 5.74) is 0.196. The van der Waals surface area contributed by atoms with Gasteiger partial charge in [-0.3, -0.25) is 4.79 Å². The van der Waals surface area contributed by atoms with Crippen LogP contribution in [0.3, 0.4) is 0 Å². The molecule has 3 fully saturated rings. The quantitative estimate of drug-likeness (QED) is 0.818. The van der Waals surface area contributed by atoms with Gasteiger partial charge in [0, 0.05) is 6.54 Å². The van der Waals surface area contributed by atoms with Crippen LogP contribution in [0.25, 0.3) is 0 Å². The van der Waals surface area contributed by atoms with Crippen LogP contribution in [-0.4, -0.2) is 35.9 Å². The van der Waals surface area contributed by atoms with Crippen molar-refractivity contribution in [1.29, 1.82) is 0 Å². The van der Waals surface area contributed by atoms with Crippen molar-refractivity contribution in [3.63, 3.8) is 0 Å².